The van der Waals surface area contributed by atoms with Gasteiger partial charge in [0.2, 0.25) is 0 Å². The van der Waals surface area contributed by atoms with E-state index in [9.17, 15) is 9.59 Å². The molecule has 2 N–H and O–H groups in total. The second-order valence-corrected chi connectivity index (χ2v) is 6.92. The molecule has 142 valence electrons. The van der Waals surface area contributed by atoms with Crippen molar-refractivity contribution in [1.29, 1.82) is 0 Å². The second-order valence-electron chi connectivity index (χ2n) is 6.92. The van der Waals surface area contributed by atoms with Crippen LogP contribution in [0.15, 0.2) is 42.5 Å². The lowest BCUT2D eigenvalue weighted by atomic mass is 9.89. The van der Waals surface area contributed by atoms with Gasteiger partial charge in [0.15, 0.2) is 0 Å². The van der Waals surface area contributed by atoms with Gasteiger partial charge in [0, 0.05) is 12.1 Å². The van der Waals surface area contributed by atoms with Crippen LogP contribution < -0.4 is 15.4 Å². The third-order valence-corrected chi connectivity index (χ3v) is 5.06. The zero-order valence-corrected chi connectivity index (χ0v) is 15.9. The minimum absolute atomic E-state index is 0.221. The first-order chi connectivity index (χ1) is 13.1. The molecule has 0 spiro atoms. The van der Waals surface area contributed by atoms with Gasteiger partial charge in [0.25, 0.3) is 0 Å². The van der Waals surface area contributed by atoms with Gasteiger partial charge in [-0.2, -0.15) is 0 Å². The van der Waals surface area contributed by atoms with Crippen molar-refractivity contribution in [3.05, 3.63) is 64.7 Å². The Bertz CT molecular complexity index is 832. The van der Waals surface area contributed by atoms with Crippen molar-refractivity contribution in [2.24, 2.45) is 0 Å². The maximum Gasteiger partial charge on any atom is 0.309 e. The van der Waals surface area contributed by atoms with Crippen LogP contribution in [0.3, 0.4) is 0 Å². The van der Waals surface area contributed by atoms with Crippen LogP contribution in [0.2, 0.25) is 0 Å². The molecule has 0 bridgehead atoms. The minimum Gasteiger partial charge on any atom is -0.496 e. The van der Waals surface area contributed by atoms with Gasteiger partial charge in [-0.3, -0.25) is 9.59 Å². The van der Waals surface area contributed by atoms with Crippen LogP contribution >= 0.6 is 0 Å². The van der Waals surface area contributed by atoms with Crippen molar-refractivity contribution < 1.29 is 14.3 Å². The third kappa shape index (κ3) is 4.67. The van der Waals surface area contributed by atoms with Crippen LogP contribution in [0, 0.1) is 0 Å². The smallest absolute Gasteiger partial charge is 0.309 e. The van der Waals surface area contributed by atoms with Gasteiger partial charge in [0.1, 0.15) is 5.75 Å². The number of amides is 2. The third-order valence-electron chi connectivity index (χ3n) is 5.06. The van der Waals surface area contributed by atoms with Gasteiger partial charge in [-0.15, -0.1) is 0 Å². The van der Waals surface area contributed by atoms with E-state index in [-0.39, 0.29) is 12.6 Å². The van der Waals surface area contributed by atoms with E-state index in [4.69, 9.17) is 4.74 Å². The second kappa shape index (κ2) is 8.71. The largest absolute Gasteiger partial charge is 0.496 e. The van der Waals surface area contributed by atoms with Gasteiger partial charge >= 0.3 is 11.8 Å². The fourth-order valence-corrected chi connectivity index (χ4v) is 3.47. The zero-order valence-electron chi connectivity index (χ0n) is 15.9. The number of carbonyl (C=O) groups is 2. The normalized spacial score (nSPS) is 14.0. The van der Waals surface area contributed by atoms with Crippen LogP contribution in [0.1, 0.15) is 48.1 Å². The van der Waals surface area contributed by atoms with Gasteiger partial charge in [-0.05, 0) is 55.4 Å². The number of nitrogens with one attached hydrogen (secondary N) is 2. The lowest BCUT2D eigenvalue weighted by Gasteiger charge is -2.20. The quantitative estimate of drug-likeness (QED) is 0.799. The van der Waals surface area contributed by atoms with Crippen molar-refractivity contribution in [2.75, 3.05) is 7.11 Å². The first kappa shape index (κ1) is 19.0. The Hall–Kier alpha value is -2.82. The molecule has 0 heterocycles. The van der Waals surface area contributed by atoms with Crippen LogP contribution in [-0.2, 0) is 29.0 Å². The average Bonchev–Trinajstić information content (AvgIpc) is 2.71. The molecule has 1 aliphatic carbocycles. The van der Waals surface area contributed by atoms with E-state index in [1.54, 1.807) is 7.11 Å². The average molecular weight is 366 g/mol. The first-order valence-corrected chi connectivity index (χ1v) is 9.40. The molecule has 2 aromatic rings. The molecule has 3 rings (SSSR count). The SMILES string of the molecule is COc1ccccc1CNC(=O)C(=O)NC(C)c1ccc2c(c1)CCCC2. The Morgan fingerprint density at radius 1 is 1.04 bits per heavy atom. The number of benzene rings is 2. The lowest BCUT2D eigenvalue weighted by Crippen LogP contribution is -2.40. The van der Waals surface area contributed by atoms with Crippen molar-refractivity contribution in [3.8, 4) is 5.75 Å². The van der Waals surface area contributed by atoms with E-state index < -0.39 is 11.8 Å². The van der Waals surface area contributed by atoms with Gasteiger partial charge in [-0.25, -0.2) is 0 Å². The van der Waals surface area contributed by atoms with Crippen molar-refractivity contribution in [2.45, 2.75) is 45.2 Å². The molecule has 0 aromatic heterocycles. The van der Waals surface area contributed by atoms with E-state index in [0.717, 1.165) is 24.0 Å². The number of rotatable bonds is 5. The monoisotopic (exact) mass is 366 g/mol. The molecule has 1 atom stereocenters. The van der Waals surface area contributed by atoms with E-state index in [0.29, 0.717) is 5.75 Å². The van der Waals surface area contributed by atoms with Crippen LogP contribution in [-0.4, -0.2) is 18.9 Å². The fraction of sp³-hybridized carbons (Fsp3) is 0.364. The topological polar surface area (TPSA) is 67.4 Å². The number of hydrogen-bond donors (Lipinski definition) is 2. The number of aryl methyl sites for hydroxylation is 2. The summed E-state index contributed by atoms with van der Waals surface area (Å²) in [5, 5.41) is 5.43. The predicted octanol–water partition coefficient (Wildman–Crippen LogP) is 3.07. The number of carbonyl (C=O) groups excluding carboxylic acids is 2. The van der Waals surface area contributed by atoms with Gasteiger partial charge < -0.3 is 15.4 Å². The summed E-state index contributed by atoms with van der Waals surface area (Å²) in [4.78, 5) is 24.4. The molecule has 0 saturated heterocycles. The number of methoxy groups -OCH3 is 1. The molecular weight excluding hydrogens is 340 g/mol. The molecule has 5 heteroatoms. The molecule has 5 nitrogen and oxygen atoms in total. The van der Waals surface area contributed by atoms with Crippen molar-refractivity contribution >= 4 is 11.8 Å². The Kier molecular flexibility index (Phi) is 6.12. The standard InChI is InChI=1S/C22H26N2O3/c1-15(17-12-11-16-7-3-4-8-18(16)13-17)24-22(26)21(25)23-14-19-9-5-6-10-20(19)27-2/h5-6,9-13,15H,3-4,7-8,14H2,1-2H3,(H,23,25)(H,24,26). The highest BCUT2D eigenvalue weighted by atomic mass is 16.5. The van der Waals surface area contributed by atoms with Crippen LogP contribution in [0.25, 0.3) is 0 Å². The van der Waals surface area contributed by atoms with E-state index in [2.05, 4.69) is 22.8 Å². The number of fused-ring (bicyclic) bond motifs is 1. The maximum atomic E-state index is 12.2. The van der Waals surface area contributed by atoms with Crippen LogP contribution in [0.4, 0.5) is 0 Å². The summed E-state index contributed by atoms with van der Waals surface area (Å²) < 4.78 is 5.25. The number of hydrogen-bond acceptors (Lipinski definition) is 3. The fourth-order valence-electron chi connectivity index (χ4n) is 3.47. The molecular formula is C22H26N2O3. The summed E-state index contributed by atoms with van der Waals surface area (Å²) in [6.45, 7) is 2.14. The highest BCUT2D eigenvalue weighted by Gasteiger charge is 2.18. The molecule has 0 radical (unpaired) electrons. The number of para-hydroxylation sites is 1. The molecule has 2 amide bonds. The molecule has 1 unspecified atom stereocenters. The molecule has 0 aliphatic heterocycles. The Morgan fingerprint density at radius 3 is 2.56 bits per heavy atom. The summed E-state index contributed by atoms with van der Waals surface area (Å²) in [6, 6.07) is 13.5. The lowest BCUT2D eigenvalue weighted by molar-refractivity contribution is -0.139. The molecule has 2 aromatic carbocycles. The van der Waals surface area contributed by atoms with E-state index in [1.807, 2.05) is 37.3 Å². The summed E-state index contributed by atoms with van der Waals surface area (Å²) in [5.74, 6) is -0.596. The van der Waals surface area contributed by atoms with Crippen molar-refractivity contribution in [1.82, 2.24) is 10.6 Å². The molecule has 27 heavy (non-hydrogen) atoms. The summed E-state index contributed by atoms with van der Waals surface area (Å²) in [5.41, 5.74) is 4.61. The van der Waals surface area contributed by atoms with Gasteiger partial charge in [-0.1, -0.05) is 36.4 Å². The summed E-state index contributed by atoms with van der Waals surface area (Å²) in [7, 11) is 1.58. The minimum atomic E-state index is -0.647. The Morgan fingerprint density at radius 2 is 1.78 bits per heavy atom. The van der Waals surface area contributed by atoms with E-state index in [1.165, 1.54) is 24.0 Å². The highest BCUT2D eigenvalue weighted by Crippen LogP contribution is 2.24. The number of ether oxygens (including phenoxy) is 1. The predicted molar refractivity (Wildman–Crippen MR) is 104 cm³/mol. The van der Waals surface area contributed by atoms with E-state index >= 15 is 0 Å². The molecule has 0 saturated carbocycles. The maximum absolute atomic E-state index is 12.2. The molecule has 1 aliphatic rings. The Balaban J connectivity index is 1.57. The summed E-state index contributed by atoms with van der Waals surface area (Å²) >= 11 is 0. The van der Waals surface area contributed by atoms with Gasteiger partial charge in [0.05, 0.1) is 13.2 Å². The first-order valence-electron chi connectivity index (χ1n) is 9.40. The zero-order chi connectivity index (χ0) is 19.2. The van der Waals surface area contributed by atoms with Crippen LogP contribution in [0.5, 0.6) is 5.75 Å². The summed E-state index contributed by atoms with van der Waals surface area (Å²) in [6.07, 6.45) is 4.67. The molecule has 0 fully saturated rings. The Labute approximate surface area is 160 Å². The van der Waals surface area contributed by atoms with Crippen molar-refractivity contribution in [3.63, 3.8) is 0 Å². The highest BCUT2D eigenvalue weighted by molar-refractivity contribution is 6.35.